The van der Waals surface area contributed by atoms with Gasteiger partial charge in [-0.1, -0.05) is 17.5 Å². The molecule has 72 valence electrons. The first-order valence-electron chi connectivity index (χ1n) is 3.89. The molecular formula is C10H8ClNO2. The second-order valence-corrected chi connectivity index (χ2v) is 2.85. The van der Waals surface area contributed by atoms with Gasteiger partial charge in [0.15, 0.2) is 0 Å². The van der Waals surface area contributed by atoms with Gasteiger partial charge in [0, 0.05) is 11.2 Å². The number of carbonyl (C=O) groups excluding carboxylic acids is 1. The molecule has 4 heteroatoms. The van der Waals surface area contributed by atoms with E-state index in [-0.39, 0.29) is 12.4 Å². The third-order valence-electron chi connectivity index (χ3n) is 1.40. The zero-order valence-electron chi connectivity index (χ0n) is 7.58. The number of ether oxygens (including phenoxy) is 1. The van der Waals surface area contributed by atoms with Crippen molar-refractivity contribution in [2.45, 2.75) is 6.42 Å². The summed E-state index contributed by atoms with van der Waals surface area (Å²) in [5.41, 5.74) is 0.543. The van der Waals surface area contributed by atoms with Crippen molar-refractivity contribution >= 4 is 17.6 Å². The highest BCUT2D eigenvalue weighted by Gasteiger charge is 1.94. The van der Waals surface area contributed by atoms with Crippen LogP contribution in [0.4, 0.5) is 0 Å². The fraction of sp³-hybridized carbons (Fsp3) is 0.200. The van der Waals surface area contributed by atoms with Crippen molar-refractivity contribution in [1.82, 2.24) is 4.98 Å². The van der Waals surface area contributed by atoms with Crippen LogP contribution < -0.4 is 0 Å². The van der Waals surface area contributed by atoms with Crippen molar-refractivity contribution < 1.29 is 9.53 Å². The summed E-state index contributed by atoms with van der Waals surface area (Å²) < 4.78 is 4.42. The highest BCUT2D eigenvalue weighted by molar-refractivity contribution is 6.30. The molecule has 1 aromatic rings. The molecule has 1 rings (SSSR count). The number of rotatable bonds is 1. The molecule has 0 saturated heterocycles. The number of hydrogen-bond acceptors (Lipinski definition) is 3. The maximum atomic E-state index is 10.7. The normalized spacial score (nSPS) is 8.71. The summed E-state index contributed by atoms with van der Waals surface area (Å²) in [6.45, 7) is 0. The number of esters is 1. The molecule has 0 bridgehead atoms. The molecule has 14 heavy (non-hydrogen) atoms. The Morgan fingerprint density at radius 1 is 1.71 bits per heavy atom. The third kappa shape index (κ3) is 3.46. The molecule has 0 amide bonds. The van der Waals surface area contributed by atoms with Crippen LogP contribution in [-0.2, 0) is 9.53 Å². The van der Waals surface area contributed by atoms with Crippen LogP contribution in [0.15, 0.2) is 18.3 Å². The summed E-state index contributed by atoms with van der Waals surface area (Å²) in [4.78, 5) is 14.6. The van der Waals surface area contributed by atoms with E-state index in [1.165, 1.54) is 7.11 Å². The lowest BCUT2D eigenvalue weighted by atomic mass is 10.3. The third-order valence-corrected chi connectivity index (χ3v) is 1.63. The first kappa shape index (κ1) is 10.6. The van der Waals surface area contributed by atoms with Gasteiger partial charge in [-0.3, -0.25) is 4.79 Å². The van der Waals surface area contributed by atoms with Gasteiger partial charge in [0.05, 0.1) is 7.11 Å². The highest BCUT2D eigenvalue weighted by Crippen LogP contribution is 2.06. The number of methoxy groups -OCH3 is 1. The first-order chi connectivity index (χ1) is 6.72. The first-order valence-corrected chi connectivity index (χ1v) is 4.27. The Kier molecular flexibility index (Phi) is 3.96. The average molecular weight is 210 g/mol. The zero-order valence-corrected chi connectivity index (χ0v) is 8.34. The monoisotopic (exact) mass is 209 g/mol. The van der Waals surface area contributed by atoms with Crippen LogP contribution in [-0.4, -0.2) is 18.1 Å². The molecule has 0 aliphatic carbocycles. The van der Waals surface area contributed by atoms with Crippen molar-refractivity contribution in [1.29, 1.82) is 0 Å². The van der Waals surface area contributed by atoms with Crippen LogP contribution in [0, 0.1) is 11.8 Å². The van der Waals surface area contributed by atoms with Crippen LogP contribution in [0.5, 0.6) is 0 Å². The molecule has 0 aromatic carbocycles. The van der Waals surface area contributed by atoms with Gasteiger partial charge in [0.1, 0.15) is 12.1 Å². The van der Waals surface area contributed by atoms with Gasteiger partial charge >= 0.3 is 5.97 Å². The molecule has 0 saturated carbocycles. The molecule has 0 unspecified atom stereocenters. The molecule has 0 N–H and O–H groups in total. The number of hydrogen-bond donors (Lipinski definition) is 0. The van der Waals surface area contributed by atoms with Crippen molar-refractivity contribution in [2.75, 3.05) is 7.11 Å². The Morgan fingerprint density at radius 2 is 2.50 bits per heavy atom. The lowest BCUT2D eigenvalue weighted by molar-refractivity contribution is -0.139. The fourth-order valence-electron chi connectivity index (χ4n) is 0.752. The SMILES string of the molecule is COC(=O)CC#Cc1cc(Cl)ccn1. The topological polar surface area (TPSA) is 39.2 Å². The fourth-order valence-corrected chi connectivity index (χ4v) is 0.912. The van der Waals surface area contributed by atoms with E-state index in [9.17, 15) is 4.79 Å². The predicted octanol–water partition coefficient (Wildman–Crippen LogP) is 1.65. The molecule has 0 aliphatic heterocycles. The Balaban J connectivity index is 2.64. The molecular weight excluding hydrogens is 202 g/mol. The molecule has 0 atom stereocenters. The van der Waals surface area contributed by atoms with E-state index in [2.05, 4.69) is 21.6 Å². The van der Waals surface area contributed by atoms with Crippen molar-refractivity contribution in [3.8, 4) is 11.8 Å². The lowest BCUT2D eigenvalue weighted by Gasteiger charge is -1.90. The van der Waals surface area contributed by atoms with Crippen LogP contribution in [0.1, 0.15) is 12.1 Å². The van der Waals surface area contributed by atoms with Crippen LogP contribution in [0.2, 0.25) is 5.02 Å². The second kappa shape index (κ2) is 5.25. The summed E-state index contributed by atoms with van der Waals surface area (Å²) in [5, 5.41) is 0.572. The standard InChI is InChI=1S/C10H8ClNO2/c1-14-10(13)4-2-3-9-7-8(11)5-6-12-9/h5-7H,4H2,1H3. The smallest absolute Gasteiger partial charge is 0.317 e. The second-order valence-electron chi connectivity index (χ2n) is 2.41. The average Bonchev–Trinajstić information content (AvgIpc) is 2.17. The molecule has 0 radical (unpaired) electrons. The Hall–Kier alpha value is -1.53. The van der Waals surface area contributed by atoms with E-state index >= 15 is 0 Å². The van der Waals surface area contributed by atoms with Crippen molar-refractivity contribution in [3.63, 3.8) is 0 Å². The highest BCUT2D eigenvalue weighted by atomic mass is 35.5. The van der Waals surface area contributed by atoms with Crippen LogP contribution in [0.25, 0.3) is 0 Å². The van der Waals surface area contributed by atoms with Crippen LogP contribution >= 0.6 is 11.6 Å². The Morgan fingerprint density at radius 3 is 3.14 bits per heavy atom. The minimum atomic E-state index is -0.362. The number of aromatic nitrogens is 1. The van der Waals surface area contributed by atoms with Gasteiger partial charge in [-0.05, 0) is 18.1 Å². The summed E-state index contributed by atoms with van der Waals surface area (Å²) in [6.07, 6.45) is 1.62. The summed E-state index contributed by atoms with van der Waals surface area (Å²) in [7, 11) is 1.32. The van der Waals surface area contributed by atoms with E-state index in [1.807, 2.05) is 0 Å². The lowest BCUT2D eigenvalue weighted by Crippen LogP contribution is -1.97. The van der Waals surface area contributed by atoms with Gasteiger partial charge in [-0.15, -0.1) is 0 Å². The Labute approximate surface area is 87.1 Å². The van der Waals surface area contributed by atoms with E-state index in [0.29, 0.717) is 10.7 Å². The Bertz CT molecular complexity index is 393. The van der Waals surface area contributed by atoms with E-state index in [4.69, 9.17) is 11.6 Å². The maximum Gasteiger partial charge on any atom is 0.317 e. The largest absolute Gasteiger partial charge is 0.468 e. The van der Waals surface area contributed by atoms with E-state index < -0.39 is 0 Å². The predicted molar refractivity (Wildman–Crippen MR) is 52.8 cm³/mol. The van der Waals surface area contributed by atoms with Gasteiger partial charge in [0.25, 0.3) is 0 Å². The van der Waals surface area contributed by atoms with Gasteiger partial charge in [-0.2, -0.15) is 0 Å². The van der Waals surface area contributed by atoms with Crippen molar-refractivity contribution in [3.05, 3.63) is 29.0 Å². The summed E-state index contributed by atoms with van der Waals surface area (Å²) in [6, 6.07) is 3.29. The number of halogens is 1. The number of carbonyl (C=O) groups is 1. The molecule has 0 aliphatic rings. The number of nitrogens with zero attached hydrogens (tertiary/aromatic N) is 1. The minimum Gasteiger partial charge on any atom is -0.468 e. The number of pyridine rings is 1. The van der Waals surface area contributed by atoms with Gasteiger partial charge in [0.2, 0.25) is 0 Å². The zero-order chi connectivity index (χ0) is 10.4. The van der Waals surface area contributed by atoms with Gasteiger partial charge in [-0.25, -0.2) is 4.98 Å². The summed E-state index contributed by atoms with van der Waals surface area (Å²) >= 11 is 5.71. The molecule has 1 aromatic heterocycles. The maximum absolute atomic E-state index is 10.7. The van der Waals surface area contributed by atoms with E-state index in [0.717, 1.165) is 0 Å². The molecule has 0 spiro atoms. The van der Waals surface area contributed by atoms with Crippen molar-refractivity contribution in [2.24, 2.45) is 0 Å². The van der Waals surface area contributed by atoms with E-state index in [1.54, 1.807) is 18.3 Å². The quantitative estimate of drug-likeness (QED) is 0.522. The molecule has 1 heterocycles. The molecule has 3 nitrogen and oxygen atoms in total. The minimum absolute atomic E-state index is 0.0602. The van der Waals surface area contributed by atoms with Gasteiger partial charge < -0.3 is 4.74 Å². The molecule has 0 fully saturated rings. The van der Waals surface area contributed by atoms with Crippen LogP contribution in [0.3, 0.4) is 0 Å². The summed E-state index contributed by atoms with van der Waals surface area (Å²) in [5.74, 6) is 4.98.